The minimum atomic E-state index is -4.71. The molecular weight excluding hydrogens is 534 g/mol. The Morgan fingerprint density at radius 2 is 1.69 bits per heavy atom. The molecule has 1 aromatic carbocycles. The summed E-state index contributed by atoms with van der Waals surface area (Å²) in [5.41, 5.74) is -2.00. The Labute approximate surface area is 218 Å². The molecule has 1 aromatic heterocycles. The molecule has 2 aliphatic rings. The second kappa shape index (κ2) is 10.5. The molecule has 15 heteroatoms. The van der Waals surface area contributed by atoms with Gasteiger partial charge in [-0.3, -0.25) is 4.98 Å². The number of allylic oxidation sites excluding steroid dienone is 2. The van der Waals surface area contributed by atoms with Gasteiger partial charge in [0.2, 0.25) is 6.29 Å². The van der Waals surface area contributed by atoms with Gasteiger partial charge in [-0.1, -0.05) is 0 Å². The fraction of sp³-hybridized carbons (Fsp3) is 0.333. The number of azo groups is 1. The number of rotatable bonds is 6. The number of halogens is 6. The molecule has 0 aliphatic carbocycles. The van der Waals surface area contributed by atoms with Gasteiger partial charge in [0.25, 0.3) is 0 Å². The van der Waals surface area contributed by atoms with Crippen LogP contribution in [0.15, 0.2) is 70.9 Å². The predicted octanol–water partition coefficient (Wildman–Crippen LogP) is 6.60. The first-order valence-corrected chi connectivity index (χ1v) is 11.5. The summed E-state index contributed by atoms with van der Waals surface area (Å²) in [5.74, 6) is 0.0587. The summed E-state index contributed by atoms with van der Waals surface area (Å²) in [6.45, 7) is 4.65. The minimum Gasteiger partial charge on any atom is -0.432 e. The van der Waals surface area contributed by atoms with Gasteiger partial charge in [-0.25, -0.2) is 14.8 Å². The zero-order chi connectivity index (χ0) is 28.5. The van der Waals surface area contributed by atoms with Crippen LogP contribution in [0.25, 0.3) is 5.57 Å². The number of nitrogens with one attached hydrogen (secondary N) is 1. The lowest BCUT2D eigenvalue weighted by Gasteiger charge is -2.40. The molecule has 4 rings (SSSR count). The van der Waals surface area contributed by atoms with Crippen molar-refractivity contribution in [3.05, 3.63) is 77.5 Å². The highest BCUT2D eigenvalue weighted by atomic mass is 19.4. The number of hydrogen-bond acceptors (Lipinski definition) is 9. The van der Waals surface area contributed by atoms with Crippen LogP contribution in [0.3, 0.4) is 0 Å². The number of benzene rings is 1. The van der Waals surface area contributed by atoms with E-state index in [-0.39, 0.29) is 17.1 Å². The van der Waals surface area contributed by atoms with Gasteiger partial charge >= 0.3 is 18.5 Å². The first-order valence-electron chi connectivity index (χ1n) is 11.5. The van der Waals surface area contributed by atoms with Crippen LogP contribution in [0, 0.1) is 0 Å². The van der Waals surface area contributed by atoms with Gasteiger partial charge in [-0.15, -0.1) is 10.2 Å². The SMILES string of the molecule is CC(C)OC(=O)OC(C)N1C=C(c2ncccc2C(F)(F)F)C=C2N=NC(Nc3ccc(C(F)(F)F)cc3)N21. The molecule has 0 radical (unpaired) electrons. The molecule has 2 aromatic rings. The molecule has 2 unspecified atom stereocenters. The molecule has 0 amide bonds. The predicted molar refractivity (Wildman–Crippen MR) is 125 cm³/mol. The number of fused-ring (bicyclic) bond motifs is 1. The number of nitrogens with zero attached hydrogens (tertiary/aromatic N) is 5. The maximum atomic E-state index is 13.7. The maximum absolute atomic E-state index is 13.7. The van der Waals surface area contributed by atoms with E-state index in [9.17, 15) is 31.1 Å². The van der Waals surface area contributed by atoms with Gasteiger partial charge in [-0.2, -0.15) is 26.3 Å². The molecule has 3 heterocycles. The summed E-state index contributed by atoms with van der Waals surface area (Å²) in [6, 6.07) is 6.18. The van der Waals surface area contributed by atoms with Crippen molar-refractivity contribution in [3.63, 3.8) is 0 Å². The zero-order valence-corrected chi connectivity index (χ0v) is 20.7. The molecule has 0 saturated heterocycles. The summed E-state index contributed by atoms with van der Waals surface area (Å²) in [4.78, 5) is 16.1. The van der Waals surface area contributed by atoms with Crippen molar-refractivity contribution in [1.29, 1.82) is 0 Å². The van der Waals surface area contributed by atoms with Gasteiger partial charge in [0.1, 0.15) is 0 Å². The average Bonchev–Trinajstić information content (AvgIpc) is 3.24. The highest BCUT2D eigenvalue weighted by molar-refractivity contribution is 5.75. The lowest BCUT2D eigenvalue weighted by Crippen LogP contribution is -2.51. The third-order valence-electron chi connectivity index (χ3n) is 5.41. The Balaban J connectivity index is 1.68. The smallest absolute Gasteiger partial charge is 0.432 e. The van der Waals surface area contributed by atoms with Crippen LogP contribution < -0.4 is 5.32 Å². The van der Waals surface area contributed by atoms with Crippen LogP contribution in [-0.4, -0.2) is 39.8 Å². The lowest BCUT2D eigenvalue weighted by molar-refractivity contribution is -0.138. The number of hydrogen-bond donors (Lipinski definition) is 1. The van der Waals surface area contributed by atoms with Gasteiger partial charge in [0.05, 0.1) is 22.9 Å². The average molecular weight is 556 g/mol. The second-order valence-corrected chi connectivity index (χ2v) is 8.65. The first-order chi connectivity index (χ1) is 18.2. The Morgan fingerprint density at radius 3 is 2.31 bits per heavy atom. The maximum Gasteiger partial charge on any atom is 0.510 e. The van der Waals surface area contributed by atoms with Crippen LogP contribution in [0.1, 0.15) is 37.6 Å². The molecule has 0 fully saturated rings. The number of alkyl halides is 6. The van der Waals surface area contributed by atoms with Crippen LogP contribution in [0.5, 0.6) is 0 Å². The van der Waals surface area contributed by atoms with E-state index in [1.54, 1.807) is 13.8 Å². The van der Waals surface area contributed by atoms with Crippen molar-refractivity contribution in [2.24, 2.45) is 10.2 Å². The number of anilines is 1. The number of hydrazine groups is 1. The number of carbonyl (C=O) groups is 1. The largest absolute Gasteiger partial charge is 0.510 e. The van der Waals surface area contributed by atoms with E-state index >= 15 is 0 Å². The summed E-state index contributed by atoms with van der Waals surface area (Å²) in [7, 11) is 0. The minimum absolute atomic E-state index is 0.00372. The molecule has 9 nitrogen and oxygen atoms in total. The van der Waals surface area contributed by atoms with Crippen molar-refractivity contribution >= 4 is 17.4 Å². The third kappa shape index (κ3) is 6.23. The highest BCUT2D eigenvalue weighted by Gasteiger charge is 2.40. The van der Waals surface area contributed by atoms with Crippen molar-refractivity contribution in [2.75, 3.05) is 5.32 Å². The molecule has 208 valence electrons. The fourth-order valence-corrected chi connectivity index (χ4v) is 3.74. The first kappa shape index (κ1) is 27.7. The van der Waals surface area contributed by atoms with E-state index in [0.29, 0.717) is 0 Å². The van der Waals surface area contributed by atoms with E-state index in [0.717, 1.165) is 24.3 Å². The highest BCUT2D eigenvalue weighted by Crippen LogP contribution is 2.39. The molecule has 1 N–H and O–H groups in total. The number of aromatic nitrogens is 1. The van der Waals surface area contributed by atoms with E-state index in [1.165, 1.54) is 47.5 Å². The van der Waals surface area contributed by atoms with Crippen LogP contribution in [-0.2, 0) is 21.8 Å². The van der Waals surface area contributed by atoms with E-state index in [2.05, 4.69) is 20.5 Å². The summed E-state index contributed by atoms with van der Waals surface area (Å²) in [6.07, 6.45) is -9.18. The number of carbonyl (C=O) groups excluding carboxylic acids is 1. The number of pyridine rings is 1. The molecule has 2 atom stereocenters. The van der Waals surface area contributed by atoms with E-state index in [1.807, 2.05) is 0 Å². The molecule has 0 saturated carbocycles. The van der Waals surface area contributed by atoms with Crippen molar-refractivity contribution in [1.82, 2.24) is 15.0 Å². The van der Waals surface area contributed by atoms with Gasteiger partial charge in [-0.05, 0) is 63.2 Å². The zero-order valence-electron chi connectivity index (χ0n) is 20.7. The standard InChI is InChI=1S/C24H22F6N6O3/c1-13(2)38-22(37)39-14(3)35-12-15(20-18(24(28,29)30)5-4-10-31-20)11-19-33-34-21(36(19)35)32-17-8-6-16(7-9-17)23(25,26)27/h4-14,21,32H,1-3H3. The molecule has 0 bridgehead atoms. The van der Waals surface area contributed by atoms with Gasteiger partial charge in [0.15, 0.2) is 12.0 Å². The third-order valence-corrected chi connectivity index (χ3v) is 5.41. The molecule has 0 spiro atoms. The monoisotopic (exact) mass is 556 g/mol. The van der Waals surface area contributed by atoms with Crippen LogP contribution in [0.4, 0.5) is 36.8 Å². The Bertz CT molecular complexity index is 1310. The Hall–Kier alpha value is -4.30. The normalized spacial score (nSPS) is 17.9. The topological polar surface area (TPSA) is 91.7 Å². The second-order valence-electron chi connectivity index (χ2n) is 8.65. The fourth-order valence-electron chi connectivity index (χ4n) is 3.74. The van der Waals surface area contributed by atoms with Gasteiger partial charge in [0, 0.05) is 23.7 Å². The Kier molecular flexibility index (Phi) is 7.44. The lowest BCUT2D eigenvalue weighted by atomic mass is 10.1. The molecule has 39 heavy (non-hydrogen) atoms. The summed E-state index contributed by atoms with van der Waals surface area (Å²) in [5, 5.41) is 13.6. The summed E-state index contributed by atoms with van der Waals surface area (Å²) >= 11 is 0. The van der Waals surface area contributed by atoms with E-state index in [4.69, 9.17) is 9.47 Å². The van der Waals surface area contributed by atoms with Crippen molar-refractivity contribution in [3.8, 4) is 0 Å². The Morgan fingerprint density at radius 1 is 1.00 bits per heavy atom. The molecular formula is C24H22F6N6O3. The van der Waals surface area contributed by atoms with Crippen LogP contribution >= 0.6 is 0 Å². The summed E-state index contributed by atoms with van der Waals surface area (Å²) < 4.78 is 90.3. The van der Waals surface area contributed by atoms with Crippen LogP contribution in [0.2, 0.25) is 0 Å². The quantitative estimate of drug-likeness (QED) is 0.317. The van der Waals surface area contributed by atoms with Crippen molar-refractivity contribution in [2.45, 2.75) is 51.7 Å². The van der Waals surface area contributed by atoms with Crippen molar-refractivity contribution < 1.29 is 40.6 Å². The number of ether oxygens (including phenoxy) is 2. The molecule has 2 aliphatic heterocycles. The van der Waals surface area contributed by atoms with E-state index < -0.39 is 54.0 Å². The van der Waals surface area contributed by atoms with Gasteiger partial charge < -0.3 is 14.8 Å².